The molecule has 0 spiro atoms. The van der Waals surface area contributed by atoms with Gasteiger partial charge in [0.15, 0.2) is 0 Å². The number of fused-ring (bicyclic) bond motifs is 5. The third-order valence-electron chi connectivity index (χ3n) is 6.03. The standard InChI is InChI=1S/C26H19NO2/c28-26-19-13-7-12-18(19)23-21(29-26)15-14-20-22(16-8-3-1-4-9-16)24(27-25(20)23)17-10-5-2-6-11-17/h1-6,8-11,14-15,27H,7,12-13H2. The predicted octanol–water partition coefficient (Wildman–Crippen LogP) is 6.10. The molecule has 2 heterocycles. The maximum Gasteiger partial charge on any atom is 0.339 e. The van der Waals surface area contributed by atoms with Crippen molar-refractivity contribution in [2.75, 3.05) is 0 Å². The smallest absolute Gasteiger partial charge is 0.339 e. The molecule has 29 heavy (non-hydrogen) atoms. The normalized spacial score (nSPS) is 13.2. The molecule has 0 aliphatic heterocycles. The summed E-state index contributed by atoms with van der Waals surface area (Å²) < 4.78 is 5.70. The Hall–Kier alpha value is -3.59. The fraction of sp³-hybridized carbons (Fsp3) is 0.115. The van der Waals surface area contributed by atoms with Gasteiger partial charge in [-0.15, -0.1) is 0 Å². The Morgan fingerprint density at radius 1 is 0.759 bits per heavy atom. The first-order valence-electron chi connectivity index (χ1n) is 10.1. The van der Waals surface area contributed by atoms with Crippen molar-refractivity contribution in [2.24, 2.45) is 0 Å². The van der Waals surface area contributed by atoms with Crippen molar-refractivity contribution in [3.63, 3.8) is 0 Å². The molecular weight excluding hydrogens is 358 g/mol. The van der Waals surface area contributed by atoms with Crippen LogP contribution in [-0.4, -0.2) is 4.98 Å². The summed E-state index contributed by atoms with van der Waals surface area (Å²) in [5, 5.41) is 2.22. The lowest BCUT2D eigenvalue weighted by atomic mass is 9.97. The van der Waals surface area contributed by atoms with E-state index in [1.165, 1.54) is 11.1 Å². The topological polar surface area (TPSA) is 46.0 Å². The minimum Gasteiger partial charge on any atom is -0.422 e. The summed E-state index contributed by atoms with van der Waals surface area (Å²) in [6.45, 7) is 0. The molecule has 2 aromatic heterocycles. The van der Waals surface area contributed by atoms with Crippen LogP contribution in [0.3, 0.4) is 0 Å². The Morgan fingerprint density at radius 2 is 1.45 bits per heavy atom. The Bertz CT molecular complexity index is 1430. The predicted molar refractivity (Wildman–Crippen MR) is 117 cm³/mol. The molecule has 6 rings (SSSR count). The summed E-state index contributed by atoms with van der Waals surface area (Å²) in [7, 11) is 0. The van der Waals surface area contributed by atoms with Crippen LogP contribution in [0.2, 0.25) is 0 Å². The SMILES string of the molecule is O=c1oc2ccc3c(-c4ccccc4)c(-c4ccccc4)[nH]c3c2c2c1CCC2. The van der Waals surface area contributed by atoms with Gasteiger partial charge < -0.3 is 9.40 Å². The van der Waals surface area contributed by atoms with Crippen molar-refractivity contribution in [3.05, 3.63) is 94.3 Å². The first kappa shape index (κ1) is 16.4. The lowest BCUT2D eigenvalue weighted by molar-refractivity contribution is 0.552. The number of hydrogen-bond donors (Lipinski definition) is 1. The zero-order valence-electron chi connectivity index (χ0n) is 15.9. The molecule has 0 fully saturated rings. The van der Waals surface area contributed by atoms with E-state index < -0.39 is 0 Å². The number of H-pyrrole nitrogens is 1. The Balaban J connectivity index is 1.79. The van der Waals surface area contributed by atoms with Gasteiger partial charge in [0.2, 0.25) is 0 Å². The molecule has 0 atom stereocenters. The first-order valence-corrected chi connectivity index (χ1v) is 10.1. The number of hydrogen-bond acceptors (Lipinski definition) is 2. The van der Waals surface area contributed by atoms with Crippen molar-refractivity contribution in [1.29, 1.82) is 0 Å². The third kappa shape index (κ3) is 2.40. The van der Waals surface area contributed by atoms with Crippen LogP contribution in [0.15, 0.2) is 82.0 Å². The zero-order chi connectivity index (χ0) is 19.4. The van der Waals surface area contributed by atoms with E-state index in [4.69, 9.17) is 4.42 Å². The molecule has 3 heteroatoms. The van der Waals surface area contributed by atoms with Crippen LogP contribution in [0, 0.1) is 0 Å². The van der Waals surface area contributed by atoms with E-state index in [0.29, 0.717) is 5.58 Å². The largest absolute Gasteiger partial charge is 0.422 e. The average Bonchev–Trinajstić information content (AvgIpc) is 3.40. The second-order valence-electron chi connectivity index (χ2n) is 7.67. The molecule has 5 aromatic rings. The molecule has 0 bridgehead atoms. The number of aromatic amines is 1. The highest BCUT2D eigenvalue weighted by molar-refractivity contribution is 6.14. The van der Waals surface area contributed by atoms with Gasteiger partial charge in [-0.1, -0.05) is 60.7 Å². The summed E-state index contributed by atoms with van der Waals surface area (Å²) >= 11 is 0. The van der Waals surface area contributed by atoms with E-state index >= 15 is 0 Å². The highest BCUT2D eigenvalue weighted by Gasteiger charge is 2.24. The Labute approximate surface area is 167 Å². The van der Waals surface area contributed by atoms with E-state index in [9.17, 15) is 4.79 Å². The second kappa shape index (κ2) is 6.21. The second-order valence-corrected chi connectivity index (χ2v) is 7.67. The van der Waals surface area contributed by atoms with Gasteiger partial charge in [-0.3, -0.25) is 0 Å². The monoisotopic (exact) mass is 377 g/mol. The van der Waals surface area contributed by atoms with Crippen molar-refractivity contribution in [3.8, 4) is 22.4 Å². The van der Waals surface area contributed by atoms with Gasteiger partial charge >= 0.3 is 5.63 Å². The molecule has 3 nitrogen and oxygen atoms in total. The lowest BCUT2D eigenvalue weighted by Gasteiger charge is -2.06. The van der Waals surface area contributed by atoms with Gasteiger partial charge in [-0.2, -0.15) is 0 Å². The van der Waals surface area contributed by atoms with Gasteiger partial charge in [0.25, 0.3) is 0 Å². The molecule has 0 saturated heterocycles. The minimum atomic E-state index is -0.178. The molecule has 1 aliphatic rings. The molecule has 0 saturated carbocycles. The quantitative estimate of drug-likeness (QED) is 0.378. The van der Waals surface area contributed by atoms with Gasteiger partial charge in [-0.05, 0) is 48.1 Å². The van der Waals surface area contributed by atoms with E-state index in [2.05, 4.69) is 59.6 Å². The average molecular weight is 377 g/mol. The fourth-order valence-corrected chi connectivity index (χ4v) is 4.76. The highest BCUT2D eigenvalue weighted by atomic mass is 16.4. The summed E-state index contributed by atoms with van der Waals surface area (Å²) in [6.07, 6.45) is 2.74. The third-order valence-corrected chi connectivity index (χ3v) is 6.03. The molecule has 140 valence electrons. The fourth-order valence-electron chi connectivity index (χ4n) is 4.76. The van der Waals surface area contributed by atoms with E-state index in [0.717, 1.165) is 57.9 Å². The number of nitrogens with one attached hydrogen (secondary N) is 1. The number of rotatable bonds is 2. The van der Waals surface area contributed by atoms with Crippen molar-refractivity contribution in [1.82, 2.24) is 4.98 Å². The summed E-state index contributed by atoms with van der Waals surface area (Å²) in [5.74, 6) is 0. The first-order chi connectivity index (χ1) is 14.3. The number of aromatic nitrogens is 1. The zero-order valence-corrected chi connectivity index (χ0v) is 15.9. The molecule has 3 aromatic carbocycles. The van der Waals surface area contributed by atoms with Crippen molar-refractivity contribution < 1.29 is 4.42 Å². The van der Waals surface area contributed by atoms with Gasteiger partial charge in [0.05, 0.1) is 11.2 Å². The van der Waals surface area contributed by atoms with E-state index in [-0.39, 0.29) is 5.63 Å². The number of benzene rings is 3. The lowest BCUT2D eigenvalue weighted by Crippen LogP contribution is -2.06. The van der Waals surface area contributed by atoms with E-state index in [1.807, 2.05) is 18.2 Å². The summed E-state index contributed by atoms with van der Waals surface area (Å²) in [6, 6.07) is 24.9. The van der Waals surface area contributed by atoms with Crippen molar-refractivity contribution >= 4 is 21.9 Å². The van der Waals surface area contributed by atoms with Crippen LogP contribution >= 0.6 is 0 Å². The maximum absolute atomic E-state index is 12.4. The molecule has 0 radical (unpaired) electrons. The summed E-state index contributed by atoms with van der Waals surface area (Å²) in [4.78, 5) is 16.1. The van der Waals surface area contributed by atoms with Crippen LogP contribution in [0.1, 0.15) is 17.5 Å². The van der Waals surface area contributed by atoms with Gasteiger partial charge in [0, 0.05) is 21.9 Å². The molecule has 1 aliphatic carbocycles. The molecule has 0 amide bonds. The maximum atomic E-state index is 12.4. The van der Waals surface area contributed by atoms with Crippen molar-refractivity contribution in [2.45, 2.75) is 19.3 Å². The van der Waals surface area contributed by atoms with Gasteiger partial charge in [0.1, 0.15) is 5.58 Å². The van der Waals surface area contributed by atoms with E-state index in [1.54, 1.807) is 0 Å². The highest BCUT2D eigenvalue weighted by Crippen LogP contribution is 2.42. The van der Waals surface area contributed by atoms with Crippen LogP contribution in [0.4, 0.5) is 0 Å². The van der Waals surface area contributed by atoms with Crippen LogP contribution < -0.4 is 5.63 Å². The molecular formula is C26H19NO2. The Kier molecular flexibility index (Phi) is 3.51. The molecule has 0 unspecified atom stereocenters. The number of aryl methyl sites for hydroxylation is 1. The van der Waals surface area contributed by atoms with Crippen LogP contribution in [0.5, 0.6) is 0 Å². The molecule has 1 N–H and O–H groups in total. The summed E-state index contributed by atoms with van der Waals surface area (Å²) in [5.41, 5.74) is 8.15. The van der Waals surface area contributed by atoms with Crippen LogP contribution in [-0.2, 0) is 12.8 Å². The minimum absolute atomic E-state index is 0.178. The van der Waals surface area contributed by atoms with Crippen LogP contribution in [0.25, 0.3) is 44.3 Å². The Morgan fingerprint density at radius 3 is 2.21 bits per heavy atom. The van der Waals surface area contributed by atoms with Gasteiger partial charge in [-0.25, -0.2) is 4.79 Å².